The van der Waals surface area contributed by atoms with Gasteiger partial charge in [0.2, 0.25) is 0 Å². The smallest absolute Gasteiger partial charge is 0.0702 e. The van der Waals surface area contributed by atoms with E-state index in [1.807, 2.05) is 24.0 Å². The third-order valence-corrected chi connectivity index (χ3v) is 4.33. The van der Waals surface area contributed by atoms with Crippen molar-refractivity contribution in [3.63, 3.8) is 0 Å². The minimum absolute atomic E-state index is 0.687. The average Bonchev–Trinajstić information content (AvgIpc) is 2.89. The van der Waals surface area contributed by atoms with E-state index in [4.69, 9.17) is 0 Å². The number of hydrogen-bond acceptors (Lipinski definition) is 3. The zero-order chi connectivity index (χ0) is 11.5. The van der Waals surface area contributed by atoms with Crippen molar-refractivity contribution in [2.24, 2.45) is 0 Å². The van der Waals surface area contributed by atoms with Crippen LogP contribution in [0.1, 0.15) is 12.0 Å². The normalized spacial score (nSPS) is 19.9. The van der Waals surface area contributed by atoms with Crippen molar-refractivity contribution in [3.8, 4) is 0 Å². The number of aromatic nitrogens is 1. The number of pyridine rings is 1. The molecule has 1 aliphatic heterocycles. The van der Waals surface area contributed by atoms with Gasteiger partial charge in [0.25, 0.3) is 0 Å². The summed E-state index contributed by atoms with van der Waals surface area (Å²) >= 11 is 2.04. The molecule has 88 valence electrons. The maximum Gasteiger partial charge on any atom is 0.0702 e. The number of fused-ring (bicyclic) bond motifs is 1. The Morgan fingerprint density at radius 3 is 3.18 bits per heavy atom. The fourth-order valence-electron chi connectivity index (χ4n) is 2.17. The van der Waals surface area contributed by atoms with Crippen molar-refractivity contribution in [1.82, 2.24) is 10.3 Å². The van der Waals surface area contributed by atoms with Crippen LogP contribution in [0.4, 0.5) is 0 Å². The van der Waals surface area contributed by atoms with Gasteiger partial charge in [-0.1, -0.05) is 18.2 Å². The molecule has 2 heterocycles. The van der Waals surface area contributed by atoms with Crippen LogP contribution in [-0.4, -0.2) is 22.5 Å². The monoisotopic (exact) mass is 244 g/mol. The summed E-state index contributed by atoms with van der Waals surface area (Å²) in [5, 5.41) is 4.83. The lowest BCUT2D eigenvalue weighted by atomic mass is 10.1. The summed E-state index contributed by atoms with van der Waals surface area (Å²) in [5.74, 6) is 2.55. The minimum Gasteiger partial charge on any atom is -0.309 e. The van der Waals surface area contributed by atoms with E-state index >= 15 is 0 Å². The van der Waals surface area contributed by atoms with Crippen LogP contribution in [0.5, 0.6) is 0 Å². The lowest BCUT2D eigenvalue weighted by Crippen LogP contribution is -2.27. The first kappa shape index (κ1) is 11.1. The van der Waals surface area contributed by atoms with Gasteiger partial charge in [0.05, 0.1) is 5.52 Å². The SMILES string of the molecule is c1ccc2ncc(CNC3CCSC3)cc2c1. The molecule has 1 N–H and O–H groups in total. The Bertz CT molecular complexity index is 506. The predicted molar refractivity (Wildman–Crippen MR) is 74.3 cm³/mol. The minimum atomic E-state index is 0.687. The maximum absolute atomic E-state index is 4.48. The van der Waals surface area contributed by atoms with Gasteiger partial charge >= 0.3 is 0 Å². The fourth-order valence-corrected chi connectivity index (χ4v) is 3.36. The van der Waals surface area contributed by atoms with Crippen LogP contribution in [0.25, 0.3) is 10.9 Å². The predicted octanol–water partition coefficient (Wildman–Crippen LogP) is 2.83. The number of benzene rings is 1. The molecule has 1 saturated heterocycles. The summed E-state index contributed by atoms with van der Waals surface area (Å²) in [5.41, 5.74) is 2.35. The van der Waals surface area contributed by atoms with Gasteiger partial charge in [0, 0.05) is 29.9 Å². The van der Waals surface area contributed by atoms with E-state index in [1.165, 1.54) is 28.9 Å². The van der Waals surface area contributed by atoms with Gasteiger partial charge in [-0.25, -0.2) is 0 Å². The number of hydrogen-bond donors (Lipinski definition) is 1. The molecular formula is C14H16N2S. The molecule has 0 aliphatic carbocycles. The van der Waals surface area contributed by atoms with Crippen molar-refractivity contribution in [2.45, 2.75) is 19.0 Å². The molecule has 1 unspecified atom stereocenters. The first-order valence-electron chi connectivity index (χ1n) is 6.06. The lowest BCUT2D eigenvalue weighted by molar-refractivity contribution is 0.557. The van der Waals surface area contributed by atoms with Gasteiger partial charge in [-0.2, -0.15) is 11.8 Å². The molecule has 3 heteroatoms. The van der Waals surface area contributed by atoms with E-state index in [2.05, 4.69) is 34.6 Å². The van der Waals surface area contributed by atoms with E-state index in [1.54, 1.807) is 0 Å². The third-order valence-electron chi connectivity index (χ3n) is 3.17. The van der Waals surface area contributed by atoms with E-state index < -0.39 is 0 Å². The van der Waals surface area contributed by atoms with Gasteiger partial charge in [0.1, 0.15) is 0 Å². The topological polar surface area (TPSA) is 24.9 Å². The molecule has 0 bridgehead atoms. The Morgan fingerprint density at radius 1 is 1.35 bits per heavy atom. The highest BCUT2D eigenvalue weighted by atomic mass is 32.2. The van der Waals surface area contributed by atoms with E-state index in [0.29, 0.717) is 6.04 Å². The Morgan fingerprint density at radius 2 is 2.29 bits per heavy atom. The Kier molecular flexibility index (Phi) is 3.29. The van der Waals surface area contributed by atoms with Gasteiger partial charge in [-0.3, -0.25) is 4.98 Å². The van der Waals surface area contributed by atoms with Gasteiger partial charge < -0.3 is 5.32 Å². The summed E-state index contributed by atoms with van der Waals surface area (Å²) in [7, 11) is 0. The molecular weight excluding hydrogens is 228 g/mol. The summed E-state index contributed by atoms with van der Waals surface area (Å²) in [4.78, 5) is 4.48. The molecule has 1 aliphatic rings. The van der Waals surface area contributed by atoms with Crippen LogP contribution >= 0.6 is 11.8 Å². The number of rotatable bonds is 3. The van der Waals surface area contributed by atoms with E-state index in [0.717, 1.165) is 12.1 Å². The molecule has 0 saturated carbocycles. The van der Waals surface area contributed by atoms with Crippen LogP contribution in [0, 0.1) is 0 Å². The standard InChI is InChI=1S/C14H16N2S/c1-2-4-14-12(3-1)7-11(9-16-14)8-15-13-5-6-17-10-13/h1-4,7,9,13,15H,5-6,8,10H2. The highest BCUT2D eigenvalue weighted by Gasteiger charge is 2.14. The zero-order valence-corrected chi connectivity index (χ0v) is 10.5. The van der Waals surface area contributed by atoms with Crippen LogP contribution in [-0.2, 0) is 6.54 Å². The second-order valence-electron chi connectivity index (χ2n) is 4.48. The Labute approximate surface area is 106 Å². The van der Waals surface area contributed by atoms with Gasteiger partial charge in [0.15, 0.2) is 0 Å². The molecule has 2 nitrogen and oxygen atoms in total. The third kappa shape index (κ3) is 2.61. The quantitative estimate of drug-likeness (QED) is 0.898. The Hall–Kier alpha value is -1.06. The first-order chi connectivity index (χ1) is 8.42. The largest absolute Gasteiger partial charge is 0.309 e. The summed E-state index contributed by atoms with van der Waals surface area (Å²) < 4.78 is 0. The Balaban J connectivity index is 1.72. The highest BCUT2D eigenvalue weighted by molar-refractivity contribution is 7.99. The number of thioether (sulfide) groups is 1. The van der Waals surface area contributed by atoms with Crippen molar-refractivity contribution >= 4 is 22.7 Å². The molecule has 2 aromatic rings. The maximum atomic E-state index is 4.48. The summed E-state index contributed by atoms with van der Waals surface area (Å²) in [6, 6.07) is 11.2. The second-order valence-corrected chi connectivity index (χ2v) is 5.63. The van der Waals surface area contributed by atoms with Crippen molar-refractivity contribution in [1.29, 1.82) is 0 Å². The summed E-state index contributed by atoms with van der Waals surface area (Å²) in [6.07, 6.45) is 3.28. The van der Waals surface area contributed by atoms with Crippen LogP contribution in [0.3, 0.4) is 0 Å². The lowest BCUT2D eigenvalue weighted by Gasteiger charge is -2.11. The van der Waals surface area contributed by atoms with Crippen LogP contribution in [0.15, 0.2) is 36.5 Å². The van der Waals surface area contributed by atoms with E-state index in [-0.39, 0.29) is 0 Å². The molecule has 0 amide bonds. The average molecular weight is 244 g/mol. The molecule has 1 aromatic carbocycles. The molecule has 1 fully saturated rings. The van der Waals surface area contributed by atoms with Crippen LogP contribution < -0.4 is 5.32 Å². The molecule has 0 radical (unpaired) electrons. The highest BCUT2D eigenvalue weighted by Crippen LogP contribution is 2.18. The van der Waals surface area contributed by atoms with Crippen molar-refractivity contribution in [2.75, 3.05) is 11.5 Å². The number of nitrogens with one attached hydrogen (secondary N) is 1. The first-order valence-corrected chi connectivity index (χ1v) is 7.22. The second kappa shape index (κ2) is 5.07. The molecule has 17 heavy (non-hydrogen) atoms. The van der Waals surface area contributed by atoms with Gasteiger partial charge in [-0.05, 0) is 29.9 Å². The molecule has 0 spiro atoms. The molecule has 1 atom stereocenters. The van der Waals surface area contributed by atoms with Crippen molar-refractivity contribution in [3.05, 3.63) is 42.1 Å². The zero-order valence-electron chi connectivity index (χ0n) is 9.73. The van der Waals surface area contributed by atoms with Crippen molar-refractivity contribution < 1.29 is 0 Å². The number of para-hydroxylation sites is 1. The van der Waals surface area contributed by atoms with Gasteiger partial charge in [-0.15, -0.1) is 0 Å². The van der Waals surface area contributed by atoms with Crippen LogP contribution in [0.2, 0.25) is 0 Å². The molecule has 3 rings (SSSR count). The summed E-state index contributed by atoms with van der Waals surface area (Å²) in [6.45, 7) is 0.934. The molecule has 1 aromatic heterocycles. The van der Waals surface area contributed by atoms with E-state index in [9.17, 15) is 0 Å². The fraction of sp³-hybridized carbons (Fsp3) is 0.357. The number of nitrogens with zero attached hydrogens (tertiary/aromatic N) is 1.